The van der Waals surface area contributed by atoms with E-state index in [4.69, 9.17) is 6.42 Å². The second kappa shape index (κ2) is 5.97. The van der Waals surface area contributed by atoms with Gasteiger partial charge >= 0.3 is 5.97 Å². The summed E-state index contributed by atoms with van der Waals surface area (Å²) >= 11 is 1.78. The average molecular weight is 267 g/mol. The maximum Gasteiger partial charge on any atom is 0.327 e. The van der Waals surface area contributed by atoms with Crippen molar-refractivity contribution in [1.82, 2.24) is 5.32 Å². The highest BCUT2D eigenvalue weighted by atomic mass is 127. The number of hydrogen-bond acceptors (Lipinski definition) is 3. The molecule has 0 aromatic rings. The Labute approximate surface area is 77.8 Å². The number of amides is 1. The fraction of sp³-hybridized carbons (Fsp3) is 0.333. The number of hydrogen-bond donors (Lipinski definition) is 1. The van der Waals surface area contributed by atoms with Crippen LogP contribution in [0.25, 0.3) is 0 Å². The van der Waals surface area contributed by atoms with E-state index in [0.29, 0.717) is 6.41 Å². The molecule has 1 N–H and O–H groups in total. The average Bonchev–Trinajstić information content (AvgIpc) is 2.00. The van der Waals surface area contributed by atoms with Crippen molar-refractivity contribution in [2.24, 2.45) is 0 Å². The minimum atomic E-state index is -0.575. The summed E-state index contributed by atoms with van der Waals surface area (Å²) in [5.74, 6) is 1.65. The zero-order valence-corrected chi connectivity index (χ0v) is 7.70. The largest absolute Gasteiger partial charge is 0.438 e. The summed E-state index contributed by atoms with van der Waals surface area (Å²) in [4.78, 5) is 20.3. The van der Waals surface area contributed by atoms with Crippen molar-refractivity contribution in [3.63, 3.8) is 0 Å². The summed E-state index contributed by atoms with van der Waals surface area (Å²) in [5.41, 5.74) is 0. The number of nitrogens with one attached hydrogen (secondary N) is 1. The Morgan fingerprint density at radius 1 is 1.91 bits per heavy atom. The van der Waals surface area contributed by atoms with Gasteiger partial charge in [0.1, 0.15) is 6.54 Å². The Morgan fingerprint density at radius 2 is 2.55 bits per heavy atom. The highest BCUT2D eigenvalue weighted by Gasteiger charge is 2.05. The van der Waals surface area contributed by atoms with Crippen molar-refractivity contribution in [2.45, 2.75) is 4.11 Å². The summed E-state index contributed by atoms with van der Waals surface area (Å²) in [7, 11) is 0. The lowest BCUT2D eigenvalue weighted by Gasteiger charge is -2.03. The summed E-state index contributed by atoms with van der Waals surface area (Å²) in [6.07, 6.45) is 5.34. The molecule has 4 nitrogen and oxygen atoms in total. The first kappa shape index (κ1) is 10.2. The number of terminal acetylenes is 1. The molecule has 0 saturated carbocycles. The van der Waals surface area contributed by atoms with Gasteiger partial charge in [0.25, 0.3) is 0 Å². The zero-order chi connectivity index (χ0) is 8.69. The number of carbonyl (C=O) groups is 2. The number of carbonyl (C=O) groups excluding carboxylic acids is 2. The SMILES string of the molecule is C#CC(I)OC(=O)CNC=O. The zero-order valence-electron chi connectivity index (χ0n) is 5.54. The van der Waals surface area contributed by atoms with Crippen LogP contribution >= 0.6 is 22.6 Å². The van der Waals surface area contributed by atoms with Crippen LogP contribution in [0.3, 0.4) is 0 Å². The van der Waals surface area contributed by atoms with Crippen LogP contribution < -0.4 is 5.32 Å². The van der Waals surface area contributed by atoms with E-state index in [2.05, 4.69) is 16.0 Å². The molecule has 0 aliphatic carbocycles. The minimum Gasteiger partial charge on any atom is -0.438 e. The normalized spacial score (nSPS) is 10.9. The van der Waals surface area contributed by atoms with Gasteiger partial charge in [0.05, 0.1) is 0 Å². The van der Waals surface area contributed by atoms with Crippen molar-refractivity contribution in [1.29, 1.82) is 0 Å². The van der Waals surface area contributed by atoms with Crippen LogP contribution in [0.5, 0.6) is 0 Å². The number of ether oxygens (including phenoxy) is 1. The van der Waals surface area contributed by atoms with Gasteiger partial charge in [-0.05, 0) is 22.6 Å². The van der Waals surface area contributed by atoms with Crippen molar-refractivity contribution in [3.8, 4) is 12.3 Å². The van der Waals surface area contributed by atoms with E-state index >= 15 is 0 Å². The molecule has 1 amide bonds. The number of rotatable bonds is 4. The van der Waals surface area contributed by atoms with Crippen LogP contribution in [0.15, 0.2) is 0 Å². The van der Waals surface area contributed by atoms with Crippen molar-refractivity contribution in [2.75, 3.05) is 6.54 Å². The third-order valence-electron chi connectivity index (χ3n) is 0.696. The second-order valence-corrected chi connectivity index (χ2v) is 2.60. The maximum absolute atomic E-state index is 10.6. The monoisotopic (exact) mass is 267 g/mol. The van der Waals surface area contributed by atoms with Gasteiger partial charge in [0, 0.05) is 0 Å². The molecule has 0 aromatic carbocycles. The Balaban J connectivity index is 3.53. The minimum absolute atomic E-state index is 0.148. The van der Waals surface area contributed by atoms with Crippen molar-refractivity contribution >= 4 is 35.0 Å². The Hall–Kier alpha value is -0.770. The summed E-state index contributed by atoms with van der Waals surface area (Å²) in [6.45, 7) is -0.148. The molecule has 0 bridgehead atoms. The molecular formula is C6H6INO3. The Bertz CT molecular complexity index is 187. The van der Waals surface area contributed by atoms with Crippen LogP contribution in [0.1, 0.15) is 0 Å². The molecule has 1 atom stereocenters. The quantitative estimate of drug-likeness (QED) is 0.249. The van der Waals surface area contributed by atoms with Crippen LogP contribution in [0, 0.1) is 12.3 Å². The van der Waals surface area contributed by atoms with E-state index in [-0.39, 0.29) is 6.54 Å². The molecular weight excluding hydrogens is 261 g/mol. The summed E-state index contributed by atoms with van der Waals surface area (Å²) in [5, 5.41) is 2.15. The summed E-state index contributed by atoms with van der Waals surface area (Å²) in [6, 6.07) is 0. The van der Waals surface area contributed by atoms with Crippen molar-refractivity contribution < 1.29 is 14.3 Å². The highest BCUT2D eigenvalue weighted by Crippen LogP contribution is 1.99. The highest BCUT2D eigenvalue weighted by molar-refractivity contribution is 14.1. The molecule has 0 radical (unpaired) electrons. The van der Waals surface area contributed by atoms with E-state index in [1.54, 1.807) is 22.6 Å². The first-order valence-corrected chi connectivity index (χ1v) is 3.92. The van der Waals surface area contributed by atoms with Gasteiger partial charge < -0.3 is 10.1 Å². The standard InChI is InChI=1S/C6H6INO3/c1-2-5(7)11-6(10)3-8-4-9/h1,4-5H,3H2,(H,8,9). The van der Waals surface area contributed by atoms with Crippen LogP contribution in [-0.4, -0.2) is 23.0 Å². The molecule has 11 heavy (non-hydrogen) atoms. The topological polar surface area (TPSA) is 55.4 Å². The summed E-state index contributed by atoms with van der Waals surface area (Å²) < 4.78 is 4.02. The molecule has 0 spiro atoms. The van der Waals surface area contributed by atoms with E-state index in [1.165, 1.54) is 0 Å². The predicted molar refractivity (Wildman–Crippen MR) is 46.8 cm³/mol. The molecule has 0 saturated heterocycles. The fourth-order valence-electron chi connectivity index (χ4n) is 0.316. The van der Waals surface area contributed by atoms with Crippen LogP contribution in [0.2, 0.25) is 0 Å². The third-order valence-corrected chi connectivity index (χ3v) is 1.31. The van der Waals surface area contributed by atoms with E-state index < -0.39 is 10.1 Å². The molecule has 0 aliphatic rings. The molecule has 5 heteroatoms. The van der Waals surface area contributed by atoms with Gasteiger partial charge in [-0.2, -0.15) is 0 Å². The molecule has 0 fully saturated rings. The van der Waals surface area contributed by atoms with Gasteiger partial charge in [-0.1, -0.05) is 5.92 Å². The van der Waals surface area contributed by atoms with E-state index in [9.17, 15) is 9.59 Å². The van der Waals surface area contributed by atoms with Gasteiger partial charge in [-0.15, -0.1) is 6.42 Å². The van der Waals surface area contributed by atoms with Crippen LogP contribution in [-0.2, 0) is 14.3 Å². The third kappa shape index (κ3) is 5.66. The molecule has 60 valence electrons. The first-order valence-electron chi connectivity index (χ1n) is 2.67. The van der Waals surface area contributed by atoms with E-state index in [0.717, 1.165) is 0 Å². The lowest BCUT2D eigenvalue weighted by Crippen LogP contribution is -2.25. The van der Waals surface area contributed by atoms with E-state index in [1.807, 2.05) is 0 Å². The fourth-order valence-corrected chi connectivity index (χ4v) is 0.600. The second-order valence-electron chi connectivity index (χ2n) is 1.47. The van der Waals surface area contributed by atoms with Gasteiger partial charge in [0.2, 0.25) is 10.5 Å². The van der Waals surface area contributed by atoms with Gasteiger partial charge in [-0.3, -0.25) is 9.59 Å². The van der Waals surface area contributed by atoms with Gasteiger partial charge in [-0.25, -0.2) is 0 Å². The molecule has 0 heterocycles. The molecule has 1 unspecified atom stereocenters. The number of esters is 1. The smallest absolute Gasteiger partial charge is 0.327 e. The molecule has 0 rings (SSSR count). The lowest BCUT2D eigenvalue weighted by atomic mass is 10.6. The number of halogens is 1. The number of alkyl halides is 1. The van der Waals surface area contributed by atoms with Gasteiger partial charge in [0.15, 0.2) is 0 Å². The first-order chi connectivity index (χ1) is 5.20. The lowest BCUT2D eigenvalue weighted by molar-refractivity contribution is -0.142. The Morgan fingerprint density at radius 3 is 3.00 bits per heavy atom. The van der Waals surface area contributed by atoms with Crippen molar-refractivity contribution in [3.05, 3.63) is 0 Å². The molecule has 0 aromatic heterocycles. The molecule has 0 aliphatic heterocycles. The predicted octanol–water partition coefficient (Wildman–Crippen LogP) is -0.330. The Kier molecular flexibility index (Phi) is 5.56. The maximum atomic E-state index is 10.6. The van der Waals surface area contributed by atoms with Crippen LogP contribution in [0.4, 0.5) is 0 Å².